The first-order valence-corrected chi connectivity index (χ1v) is 13.9. The minimum Gasteiger partial charge on any atom is -0.245 e. The van der Waals surface area contributed by atoms with Crippen LogP contribution in [-0.2, 0) is 14.2 Å². The molecular formula is C18H15F23O3Si. The van der Waals surface area contributed by atoms with Gasteiger partial charge in [-0.15, -0.1) is 12.3 Å². The second-order valence-corrected chi connectivity index (χ2v) is 14.3. The van der Waals surface area contributed by atoms with E-state index in [9.17, 15) is 101 Å². The third kappa shape index (κ3) is 8.03. The van der Waals surface area contributed by atoms with E-state index in [0.29, 0.717) is 0 Å². The highest BCUT2D eigenvalue weighted by Crippen LogP contribution is 2.58. The number of ether oxygens (including phenoxy) is 3. The van der Waals surface area contributed by atoms with E-state index in [-0.39, 0.29) is 0 Å². The fraction of sp³-hybridized carbons (Fsp3) is 0.889. The van der Waals surface area contributed by atoms with Crippen LogP contribution in [0.2, 0.25) is 19.1 Å². The van der Waals surface area contributed by atoms with Crippen LogP contribution in [-0.4, -0.2) is 81.0 Å². The van der Waals surface area contributed by atoms with Crippen LogP contribution in [0.1, 0.15) is 6.42 Å². The molecule has 3 nitrogen and oxygen atoms in total. The first-order valence-electron chi connectivity index (χ1n) is 10.7. The SMILES string of the molecule is C=C[Si](C)(C)CCC(F)(F)C(F)(F)C(F)(F)OC(F)(F)C(F)(F)OC(F)(F)C(F)(F)C(F)(F)C(F)(F)OC(F)(F)C(F)(F)CF. The van der Waals surface area contributed by atoms with E-state index in [2.05, 4.69) is 6.58 Å². The minimum atomic E-state index is -8.63. The molecule has 0 amide bonds. The van der Waals surface area contributed by atoms with Crippen molar-refractivity contribution in [1.82, 2.24) is 0 Å². The van der Waals surface area contributed by atoms with Gasteiger partial charge in [0.1, 0.15) is 0 Å². The van der Waals surface area contributed by atoms with Crippen molar-refractivity contribution >= 4 is 8.07 Å². The van der Waals surface area contributed by atoms with Crippen molar-refractivity contribution in [3.63, 3.8) is 0 Å². The molecule has 0 aliphatic carbocycles. The average molecular weight is 744 g/mol. The second-order valence-electron chi connectivity index (χ2n) is 9.37. The summed E-state index contributed by atoms with van der Waals surface area (Å²) in [7, 11) is -3.10. The lowest BCUT2D eigenvalue weighted by atomic mass is 10.1. The van der Waals surface area contributed by atoms with Crippen molar-refractivity contribution in [2.75, 3.05) is 6.67 Å². The molecule has 0 heterocycles. The Labute approximate surface area is 235 Å². The van der Waals surface area contributed by atoms with Crippen molar-refractivity contribution in [2.24, 2.45) is 0 Å². The molecule has 0 spiro atoms. The maximum atomic E-state index is 13.8. The number of rotatable bonds is 18. The molecule has 0 aromatic rings. The molecule has 0 atom stereocenters. The molecule has 0 saturated heterocycles. The third-order valence-electron chi connectivity index (χ3n) is 5.29. The topological polar surface area (TPSA) is 27.7 Å². The predicted octanol–water partition coefficient (Wildman–Crippen LogP) is 9.56. The molecule has 0 aromatic heterocycles. The first-order chi connectivity index (χ1) is 19.2. The summed E-state index contributed by atoms with van der Waals surface area (Å²) in [5.41, 5.74) is 0.925. The van der Waals surface area contributed by atoms with E-state index >= 15 is 0 Å². The van der Waals surface area contributed by atoms with Gasteiger partial charge in [0.15, 0.2) is 6.67 Å². The Balaban J connectivity index is 6.44. The zero-order valence-electron chi connectivity index (χ0n) is 21.3. The molecule has 0 rings (SSSR count). The van der Waals surface area contributed by atoms with Crippen LogP contribution in [0, 0.1) is 0 Å². The lowest BCUT2D eigenvalue weighted by Crippen LogP contribution is -2.67. The largest absolute Gasteiger partial charge is 0.453 e. The molecule has 0 aliphatic rings. The number of alkyl halides is 23. The lowest BCUT2D eigenvalue weighted by Gasteiger charge is -2.39. The highest BCUT2D eigenvalue weighted by molar-refractivity contribution is 6.82. The number of hydrogen-bond donors (Lipinski definition) is 0. The van der Waals surface area contributed by atoms with Crippen LogP contribution >= 0.6 is 0 Å². The molecule has 0 bridgehead atoms. The van der Waals surface area contributed by atoms with Gasteiger partial charge in [0.25, 0.3) is 0 Å². The van der Waals surface area contributed by atoms with Crippen molar-refractivity contribution in [2.45, 2.75) is 91.8 Å². The normalized spacial score (nSPS) is 16.3. The maximum absolute atomic E-state index is 13.8. The molecule has 27 heteroatoms. The predicted molar refractivity (Wildman–Crippen MR) is 101 cm³/mol. The molecule has 0 radical (unpaired) electrons. The van der Waals surface area contributed by atoms with E-state index in [1.807, 2.05) is 0 Å². The molecule has 45 heavy (non-hydrogen) atoms. The van der Waals surface area contributed by atoms with Gasteiger partial charge in [0.2, 0.25) is 0 Å². The molecule has 0 fully saturated rings. The number of halogens is 23. The van der Waals surface area contributed by atoms with E-state index in [4.69, 9.17) is 0 Å². The summed E-state index contributed by atoms with van der Waals surface area (Å²) in [6, 6.07) is -1.09. The van der Waals surface area contributed by atoms with E-state index in [1.54, 1.807) is 0 Å². The number of hydrogen-bond acceptors (Lipinski definition) is 3. The zero-order chi connectivity index (χ0) is 36.9. The van der Waals surface area contributed by atoms with Gasteiger partial charge in [-0.1, -0.05) is 13.1 Å². The van der Waals surface area contributed by atoms with Crippen LogP contribution in [0.4, 0.5) is 101 Å². The van der Waals surface area contributed by atoms with Crippen molar-refractivity contribution in [3.8, 4) is 0 Å². The van der Waals surface area contributed by atoms with Crippen LogP contribution in [0.5, 0.6) is 0 Å². The third-order valence-corrected chi connectivity index (χ3v) is 7.93. The minimum absolute atomic E-state index is 0.925. The summed E-state index contributed by atoms with van der Waals surface area (Å²) in [5.74, 6) is -37.3. The molecule has 0 unspecified atom stereocenters. The fourth-order valence-electron chi connectivity index (χ4n) is 2.26. The van der Waals surface area contributed by atoms with Crippen molar-refractivity contribution < 1.29 is 115 Å². The van der Waals surface area contributed by atoms with Crippen molar-refractivity contribution in [1.29, 1.82) is 0 Å². The fourth-order valence-corrected chi connectivity index (χ4v) is 3.43. The Morgan fingerprint density at radius 3 is 1.04 bits per heavy atom. The monoisotopic (exact) mass is 744 g/mol. The molecule has 0 aromatic carbocycles. The summed E-state index contributed by atoms with van der Waals surface area (Å²) >= 11 is 0. The van der Waals surface area contributed by atoms with Crippen LogP contribution in [0.25, 0.3) is 0 Å². The Kier molecular flexibility index (Phi) is 11.6. The summed E-state index contributed by atoms with van der Waals surface area (Å²) in [6.45, 7) is 1.53. The second kappa shape index (κ2) is 12.0. The van der Waals surface area contributed by atoms with Gasteiger partial charge in [-0.05, 0) is 6.04 Å². The summed E-state index contributed by atoms with van der Waals surface area (Å²) < 4.78 is 311. The Morgan fingerprint density at radius 2 is 0.756 bits per heavy atom. The van der Waals surface area contributed by atoms with Crippen LogP contribution in [0.3, 0.4) is 0 Å². The molecule has 270 valence electrons. The van der Waals surface area contributed by atoms with Gasteiger partial charge in [0.05, 0.1) is 8.07 Å². The van der Waals surface area contributed by atoms with Gasteiger partial charge < -0.3 is 0 Å². The van der Waals surface area contributed by atoms with Gasteiger partial charge in [-0.25, -0.2) is 18.6 Å². The smallest absolute Gasteiger partial charge is 0.245 e. The summed E-state index contributed by atoms with van der Waals surface area (Å²) in [5, 5.41) is 0. The van der Waals surface area contributed by atoms with Gasteiger partial charge in [-0.2, -0.15) is 96.6 Å². The Morgan fingerprint density at radius 1 is 0.467 bits per heavy atom. The van der Waals surface area contributed by atoms with Gasteiger partial charge >= 0.3 is 66.3 Å². The first kappa shape index (κ1) is 43.2. The highest BCUT2D eigenvalue weighted by atomic mass is 28.3. The quantitative estimate of drug-likeness (QED) is 0.103. The molecule has 0 N–H and O–H groups in total. The maximum Gasteiger partial charge on any atom is 0.453 e. The van der Waals surface area contributed by atoms with Gasteiger partial charge in [0, 0.05) is 6.42 Å². The lowest BCUT2D eigenvalue weighted by molar-refractivity contribution is -0.561. The summed E-state index contributed by atoms with van der Waals surface area (Å²) in [6.07, 6.45) is -49.8. The van der Waals surface area contributed by atoms with E-state index in [1.165, 1.54) is 14.2 Å². The van der Waals surface area contributed by atoms with Crippen molar-refractivity contribution in [3.05, 3.63) is 12.3 Å². The Bertz CT molecular complexity index is 1040. The van der Waals surface area contributed by atoms with Crippen LogP contribution in [0.15, 0.2) is 12.3 Å². The Hall–Kier alpha value is -1.77. The highest BCUT2D eigenvalue weighted by Gasteiger charge is 2.87. The summed E-state index contributed by atoms with van der Waals surface area (Å²) in [4.78, 5) is 0. The average Bonchev–Trinajstić information content (AvgIpc) is 2.80. The van der Waals surface area contributed by atoms with Crippen LogP contribution < -0.4 is 0 Å². The van der Waals surface area contributed by atoms with Gasteiger partial charge in [-0.3, -0.25) is 0 Å². The standard InChI is InChI=1S/C18H15F23O3Si/c1-4-45(2,3)6-5-8(20,21)10(24,25)14(32,33)43-17(38,39)18(40,41)44-16(36,37)12(28,29)11(26,27)15(34,35)42-13(30,31)9(22,23)7-19/h4H,1,5-7H2,2-3H3. The molecule has 0 aliphatic heterocycles. The molecule has 0 saturated carbocycles. The van der Waals surface area contributed by atoms with E-state index < -0.39 is 93.5 Å². The van der Waals surface area contributed by atoms with E-state index in [0.717, 1.165) is 18.8 Å². The molecular weight excluding hydrogens is 729 g/mol. The zero-order valence-corrected chi connectivity index (χ0v) is 22.3.